The maximum atomic E-state index is 12.6. The van der Waals surface area contributed by atoms with Gasteiger partial charge in [-0.2, -0.15) is 4.31 Å². The minimum absolute atomic E-state index is 0.00172. The molecule has 2 fully saturated rings. The van der Waals surface area contributed by atoms with Crippen molar-refractivity contribution < 1.29 is 18.0 Å². The van der Waals surface area contributed by atoms with Crippen LogP contribution in [0.25, 0.3) is 0 Å². The molecule has 0 aromatic carbocycles. The molecule has 0 saturated carbocycles. The Kier molecular flexibility index (Phi) is 5.02. The van der Waals surface area contributed by atoms with Crippen LogP contribution < -0.4 is 5.32 Å². The second kappa shape index (κ2) is 7.04. The summed E-state index contributed by atoms with van der Waals surface area (Å²) in [5.41, 5.74) is 0. The van der Waals surface area contributed by atoms with Gasteiger partial charge in [0.1, 0.15) is 6.54 Å². The molecule has 3 rings (SSSR count). The van der Waals surface area contributed by atoms with Crippen LogP contribution in [-0.4, -0.2) is 80.2 Å². The highest BCUT2D eigenvalue weighted by molar-refractivity contribution is 7.93. The first-order valence-electron chi connectivity index (χ1n) is 8.15. The molecule has 8 nitrogen and oxygen atoms in total. The average Bonchev–Trinajstić information content (AvgIpc) is 3.00. The lowest BCUT2D eigenvalue weighted by atomic mass is 10.3. The van der Waals surface area contributed by atoms with E-state index in [1.165, 1.54) is 21.5 Å². The van der Waals surface area contributed by atoms with E-state index in [1.54, 1.807) is 11.0 Å². The maximum Gasteiger partial charge on any atom is 0.246 e. The van der Waals surface area contributed by atoms with Gasteiger partial charge in [0.2, 0.25) is 21.8 Å². The molecule has 2 amide bonds. The van der Waals surface area contributed by atoms with Crippen molar-refractivity contribution in [3.8, 4) is 0 Å². The van der Waals surface area contributed by atoms with Gasteiger partial charge in [0, 0.05) is 51.9 Å². The lowest BCUT2D eigenvalue weighted by Crippen LogP contribution is -2.47. The first-order chi connectivity index (χ1) is 11.5. The SMILES string of the molecule is O=C(CN1CCCC1=O)N1C=CC(S(=O)(=O)N2CCNCC2)=CC1. The standard InChI is InChI=1S/C15H22N4O4S/c20-14-2-1-7-18(14)12-15(21)17-8-3-13(4-9-17)24(22,23)19-10-5-16-6-11-19/h3-4,8,16H,1-2,5-7,9-12H2. The topological polar surface area (TPSA) is 90.0 Å². The van der Waals surface area contributed by atoms with Gasteiger partial charge in [-0.05, 0) is 18.6 Å². The van der Waals surface area contributed by atoms with Gasteiger partial charge >= 0.3 is 0 Å². The monoisotopic (exact) mass is 354 g/mol. The second-order valence-corrected chi connectivity index (χ2v) is 7.98. The smallest absolute Gasteiger partial charge is 0.246 e. The van der Waals surface area contributed by atoms with E-state index in [4.69, 9.17) is 0 Å². The molecule has 1 N–H and O–H groups in total. The summed E-state index contributed by atoms with van der Waals surface area (Å²) in [4.78, 5) is 27.1. The molecule has 0 radical (unpaired) electrons. The Bertz CT molecular complexity index is 680. The number of rotatable bonds is 4. The molecular weight excluding hydrogens is 332 g/mol. The third-order valence-electron chi connectivity index (χ3n) is 4.44. The Morgan fingerprint density at radius 3 is 2.54 bits per heavy atom. The summed E-state index contributed by atoms with van der Waals surface area (Å²) in [5, 5.41) is 3.12. The first-order valence-corrected chi connectivity index (χ1v) is 9.59. The number of likely N-dealkylation sites (tertiary alicyclic amines) is 1. The first kappa shape index (κ1) is 17.1. The van der Waals surface area contributed by atoms with Crippen LogP contribution in [0.2, 0.25) is 0 Å². The summed E-state index contributed by atoms with van der Waals surface area (Å²) >= 11 is 0. The zero-order valence-electron chi connectivity index (χ0n) is 13.5. The van der Waals surface area contributed by atoms with E-state index in [9.17, 15) is 18.0 Å². The lowest BCUT2D eigenvalue weighted by molar-refractivity contribution is -0.136. The van der Waals surface area contributed by atoms with E-state index in [0.717, 1.165) is 6.42 Å². The van der Waals surface area contributed by atoms with Crippen LogP contribution in [0.3, 0.4) is 0 Å². The van der Waals surface area contributed by atoms with Crippen molar-refractivity contribution >= 4 is 21.8 Å². The molecule has 3 aliphatic rings. The molecule has 0 aromatic rings. The van der Waals surface area contributed by atoms with Crippen LogP contribution in [0.4, 0.5) is 0 Å². The number of carbonyl (C=O) groups excluding carboxylic acids is 2. The van der Waals surface area contributed by atoms with Crippen molar-refractivity contribution in [2.24, 2.45) is 0 Å². The third-order valence-corrected chi connectivity index (χ3v) is 6.38. The number of hydrogen-bond donors (Lipinski definition) is 1. The van der Waals surface area contributed by atoms with Crippen molar-refractivity contribution in [1.82, 2.24) is 19.4 Å². The van der Waals surface area contributed by atoms with E-state index < -0.39 is 10.0 Å². The molecule has 0 unspecified atom stereocenters. The molecule has 132 valence electrons. The highest BCUT2D eigenvalue weighted by Gasteiger charge is 2.29. The van der Waals surface area contributed by atoms with Crippen LogP contribution in [0.1, 0.15) is 12.8 Å². The predicted molar refractivity (Wildman–Crippen MR) is 88.1 cm³/mol. The van der Waals surface area contributed by atoms with Crippen molar-refractivity contribution in [3.63, 3.8) is 0 Å². The minimum Gasteiger partial charge on any atom is -0.333 e. The molecule has 3 heterocycles. The normalized spacial score (nSPS) is 22.8. The number of nitrogens with zero attached hydrogens (tertiary/aromatic N) is 3. The van der Waals surface area contributed by atoms with Crippen molar-refractivity contribution in [1.29, 1.82) is 0 Å². The zero-order valence-corrected chi connectivity index (χ0v) is 14.3. The summed E-state index contributed by atoms with van der Waals surface area (Å²) in [6.45, 7) is 3.06. The van der Waals surface area contributed by atoms with Gasteiger partial charge in [-0.1, -0.05) is 0 Å². The van der Waals surface area contributed by atoms with E-state index >= 15 is 0 Å². The Hall–Kier alpha value is -1.71. The molecule has 24 heavy (non-hydrogen) atoms. The summed E-state index contributed by atoms with van der Waals surface area (Å²) in [6.07, 6.45) is 5.80. The molecular formula is C15H22N4O4S. The quantitative estimate of drug-likeness (QED) is 0.705. The van der Waals surface area contributed by atoms with Gasteiger partial charge in [-0.3, -0.25) is 9.59 Å². The Balaban J connectivity index is 1.60. The summed E-state index contributed by atoms with van der Waals surface area (Å²) < 4.78 is 26.6. The minimum atomic E-state index is -3.50. The molecule has 0 bridgehead atoms. The van der Waals surface area contributed by atoms with Gasteiger partial charge in [0.05, 0.1) is 4.91 Å². The number of hydrogen-bond acceptors (Lipinski definition) is 5. The van der Waals surface area contributed by atoms with Crippen LogP contribution in [-0.2, 0) is 19.6 Å². The fourth-order valence-corrected chi connectivity index (χ4v) is 4.50. The molecule has 3 aliphatic heterocycles. The summed E-state index contributed by atoms with van der Waals surface area (Å²) in [5.74, 6) is -0.196. The van der Waals surface area contributed by atoms with E-state index in [1.807, 2.05) is 0 Å². The highest BCUT2D eigenvalue weighted by Crippen LogP contribution is 2.19. The molecule has 0 aliphatic carbocycles. The lowest BCUT2D eigenvalue weighted by Gasteiger charge is -2.29. The molecule has 0 spiro atoms. The van der Waals surface area contributed by atoms with Gasteiger partial charge in [-0.25, -0.2) is 8.42 Å². The number of piperazine rings is 1. The predicted octanol–water partition coefficient (Wildman–Crippen LogP) is -0.916. The summed E-state index contributed by atoms with van der Waals surface area (Å²) in [7, 11) is -3.50. The second-order valence-electron chi connectivity index (χ2n) is 6.04. The van der Waals surface area contributed by atoms with Gasteiger partial charge < -0.3 is 15.1 Å². The Labute approximate surface area is 141 Å². The largest absolute Gasteiger partial charge is 0.333 e. The van der Waals surface area contributed by atoms with Crippen molar-refractivity contribution in [3.05, 3.63) is 23.3 Å². The van der Waals surface area contributed by atoms with Crippen LogP contribution >= 0.6 is 0 Å². The van der Waals surface area contributed by atoms with Gasteiger partial charge in [0.15, 0.2) is 0 Å². The van der Waals surface area contributed by atoms with Gasteiger partial charge in [0.25, 0.3) is 0 Å². The highest BCUT2D eigenvalue weighted by atomic mass is 32.2. The van der Waals surface area contributed by atoms with Crippen molar-refractivity contribution in [2.75, 3.05) is 45.8 Å². The number of nitrogens with one attached hydrogen (secondary N) is 1. The van der Waals surface area contributed by atoms with E-state index in [2.05, 4.69) is 5.32 Å². The number of amides is 2. The average molecular weight is 354 g/mol. The fraction of sp³-hybridized carbons (Fsp3) is 0.600. The van der Waals surface area contributed by atoms with Gasteiger partial charge in [-0.15, -0.1) is 0 Å². The zero-order chi connectivity index (χ0) is 17.2. The van der Waals surface area contributed by atoms with E-state index in [0.29, 0.717) is 39.1 Å². The van der Waals surface area contributed by atoms with E-state index in [-0.39, 0.29) is 29.8 Å². The fourth-order valence-electron chi connectivity index (χ4n) is 3.02. The number of allylic oxidation sites excluding steroid dienone is 1. The summed E-state index contributed by atoms with van der Waals surface area (Å²) in [6, 6.07) is 0. The molecule has 2 saturated heterocycles. The molecule has 0 aromatic heterocycles. The van der Waals surface area contributed by atoms with Crippen LogP contribution in [0.15, 0.2) is 23.3 Å². The van der Waals surface area contributed by atoms with Crippen LogP contribution in [0, 0.1) is 0 Å². The third kappa shape index (κ3) is 3.52. The number of carbonyl (C=O) groups is 2. The molecule has 0 atom stereocenters. The van der Waals surface area contributed by atoms with Crippen molar-refractivity contribution in [2.45, 2.75) is 12.8 Å². The Morgan fingerprint density at radius 1 is 1.21 bits per heavy atom. The Morgan fingerprint density at radius 2 is 1.96 bits per heavy atom. The number of sulfonamides is 1. The molecule has 9 heteroatoms. The maximum absolute atomic E-state index is 12.6. The van der Waals surface area contributed by atoms with Crippen LogP contribution in [0.5, 0.6) is 0 Å².